The molecular formula is C13H11FN2O4S. The second-order valence-corrected chi connectivity index (χ2v) is 5.47. The quantitative estimate of drug-likeness (QED) is 0.632. The SMILES string of the molecule is O=C(O)Cc1ccc(CNc2ccc([N+](=O)[O-])cc2F)s1. The van der Waals surface area contributed by atoms with E-state index in [1.807, 2.05) is 0 Å². The lowest BCUT2D eigenvalue weighted by Gasteiger charge is -2.05. The molecule has 0 spiro atoms. The zero-order valence-corrected chi connectivity index (χ0v) is 11.5. The fourth-order valence-corrected chi connectivity index (χ4v) is 2.65. The highest BCUT2D eigenvalue weighted by atomic mass is 32.1. The predicted octanol–water partition coefficient (Wildman–Crippen LogP) is 3.03. The summed E-state index contributed by atoms with van der Waals surface area (Å²) in [7, 11) is 0. The molecule has 1 aromatic heterocycles. The summed E-state index contributed by atoms with van der Waals surface area (Å²) in [5, 5.41) is 22.0. The molecule has 1 heterocycles. The first-order valence-corrected chi connectivity index (χ1v) is 6.74. The number of hydrogen-bond acceptors (Lipinski definition) is 5. The molecule has 0 fully saturated rings. The summed E-state index contributed by atoms with van der Waals surface area (Å²) in [6, 6.07) is 6.85. The van der Waals surface area contributed by atoms with Gasteiger partial charge in [0.25, 0.3) is 5.69 Å². The van der Waals surface area contributed by atoms with E-state index in [1.54, 1.807) is 12.1 Å². The molecule has 2 rings (SSSR count). The van der Waals surface area contributed by atoms with Crippen molar-refractivity contribution in [3.63, 3.8) is 0 Å². The minimum atomic E-state index is -0.905. The Morgan fingerprint density at radius 2 is 2.05 bits per heavy atom. The van der Waals surface area contributed by atoms with Gasteiger partial charge in [0.05, 0.1) is 23.1 Å². The molecular weight excluding hydrogens is 299 g/mol. The number of carbonyl (C=O) groups is 1. The van der Waals surface area contributed by atoms with Crippen LogP contribution in [-0.2, 0) is 17.8 Å². The third-order valence-electron chi connectivity index (χ3n) is 2.66. The zero-order valence-electron chi connectivity index (χ0n) is 10.7. The highest BCUT2D eigenvalue weighted by molar-refractivity contribution is 7.12. The largest absolute Gasteiger partial charge is 0.481 e. The second-order valence-electron chi connectivity index (χ2n) is 4.21. The molecule has 8 heteroatoms. The summed E-state index contributed by atoms with van der Waals surface area (Å²) < 4.78 is 13.6. The maximum absolute atomic E-state index is 13.6. The van der Waals surface area contributed by atoms with Crippen molar-refractivity contribution >= 4 is 28.7 Å². The number of nitrogens with zero attached hydrogens (tertiary/aromatic N) is 1. The fraction of sp³-hybridized carbons (Fsp3) is 0.154. The summed E-state index contributed by atoms with van der Waals surface area (Å²) in [6.07, 6.45) is -0.0451. The van der Waals surface area contributed by atoms with Gasteiger partial charge in [-0.3, -0.25) is 14.9 Å². The van der Waals surface area contributed by atoms with Crippen LogP contribution in [0.15, 0.2) is 30.3 Å². The molecule has 0 unspecified atom stereocenters. The van der Waals surface area contributed by atoms with Crippen molar-refractivity contribution in [3.05, 3.63) is 56.0 Å². The second kappa shape index (κ2) is 6.31. The first kappa shape index (κ1) is 14.9. The van der Waals surface area contributed by atoms with Crippen molar-refractivity contribution in [2.75, 3.05) is 5.32 Å². The van der Waals surface area contributed by atoms with Crippen LogP contribution in [0, 0.1) is 15.9 Å². The van der Waals surface area contributed by atoms with Crippen LogP contribution < -0.4 is 5.32 Å². The number of thiophene rings is 1. The van der Waals surface area contributed by atoms with Crippen LogP contribution >= 0.6 is 11.3 Å². The highest BCUT2D eigenvalue weighted by Gasteiger charge is 2.11. The molecule has 0 atom stereocenters. The smallest absolute Gasteiger partial charge is 0.308 e. The molecule has 0 aliphatic heterocycles. The standard InChI is InChI=1S/C13H11FN2O4S/c14-11-5-8(16(19)20)1-4-12(11)15-7-10-3-2-9(21-10)6-13(17)18/h1-5,15H,6-7H2,(H,17,18). The van der Waals surface area contributed by atoms with E-state index in [4.69, 9.17) is 5.11 Å². The monoisotopic (exact) mass is 310 g/mol. The van der Waals surface area contributed by atoms with Gasteiger partial charge in [0.2, 0.25) is 0 Å². The summed E-state index contributed by atoms with van der Waals surface area (Å²) >= 11 is 1.32. The van der Waals surface area contributed by atoms with Crippen molar-refractivity contribution < 1.29 is 19.2 Å². The number of benzene rings is 1. The number of carboxylic acid groups (broad SMARTS) is 1. The molecule has 0 saturated carbocycles. The Balaban J connectivity index is 2.01. The third-order valence-corrected chi connectivity index (χ3v) is 3.74. The van der Waals surface area contributed by atoms with Gasteiger partial charge in [-0.25, -0.2) is 4.39 Å². The van der Waals surface area contributed by atoms with Crippen LogP contribution in [0.25, 0.3) is 0 Å². The minimum Gasteiger partial charge on any atom is -0.481 e. The lowest BCUT2D eigenvalue weighted by Crippen LogP contribution is -2.00. The summed E-state index contributed by atoms with van der Waals surface area (Å²) in [5.74, 6) is -1.61. The molecule has 21 heavy (non-hydrogen) atoms. The van der Waals surface area contributed by atoms with Gasteiger partial charge < -0.3 is 10.4 Å². The number of nitrogens with one attached hydrogen (secondary N) is 1. The Hall–Kier alpha value is -2.48. The van der Waals surface area contributed by atoms with Gasteiger partial charge >= 0.3 is 5.97 Å². The Kier molecular flexibility index (Phi) is 4.49. The first-order valence-electron chi connectivity index (χ1n) is 5.93. The Morgan fingerprint density at radius 3 is 2.67 bits per heavy atom. The van der Waals surface area contributed by atoms with E-state index in [0.29, 0.717) is 11.4 Å². The number of rotatable bonds is 6. The number of nitro benzene ring substituents is 1. The molecule has 0 aliphatic carbocycles. The number of carboxylic acids is 1. The van der Waals surface area contributed by atoms with Gasteiger partial charge in [-0.2, -0.15) is 0 Å². The fourth-order valence-electron chi connectivity index (χ4n) is 1.70. The van der Waals surface area contributed by atoms with E-state index < -0.39 is 16.7 Å². The zero-order chi connectivity index (χ0) is 15.4. The van der Waals surface area contributed by atoms with Crippen molar-refractivity contribution in [2.45, 2.75) is 13.0 Å². The number of hydrogen-bond donors (Lipinski definition) is 2. The Labute approximate surface area is 123 Å². The lowest BCUT2D eigenvalue weighted by molar-refractivity contribution is -0.385. The maximum Gasteiger partial charge on any atom is 0.308 e. The van der Waals surface area contributed by atoms with Gasteiger partial charge in [-0.15, -0.1) is 11.3 Å². The molecule has 0 saturated heterocycles. The first-order chi connectivity index (χ1) is 9.95. The summed E-state index contributed by atoms with van der Waals surface area (Å²) in [5.41, 5.74) is -0.147. The topological polar surface area (TPSA) is 92.5 Å². The van der Waals surface area contributed by atoms with E-state index in [9.17, 15) is 19.3 Å². The minimum absolute atomic E-state index is 0.0451. The van der Waals surface area contributed by atoms with Crippen molar-refractivity contribution in [3.8, 4) is 0 Å². The molecule has 0 amide bonds. The predicted molar refractivity (Wildman–Crippen MR) is 76.0 cm³/mol. The van der Waals surface area contributed by atoms with Crippen LogP contribution in [0.1, 0.15) is 9.75 Å². The number of halogens is 1. The van der Waals surface area contributed by atoms with Gasteiger partial charge in [-0.1, -0.05) is 0 Å². The molecule has 2 N–H and O–H groups in total. The average Bonchev–Trinajstić information content (AvgIpc) is 2.83. The third kappa shape index (κ3) is 3.99. The molecule has 110 valence electrons. The molecule has 0 radical (unpaired) electrons. The molecule has 0 bridgehead atoms. The van der Waals surface area contributed by atoms with E-state index >= 15 is 0 Å². The summed E-state index contributed by atoms with van der Waals surface area (Å²) in [4.78, 5) is 22.0. The van der Waals surface area contributed by atoms with Crippen molar-refractivity contribution in [1.29, 1.82) is 0 Å². The highest BCUT2D eigenvalue weighted by Crippen LogP contribution is 2.23. The molecule has 6 nitrogen and oxygen atoms in total. The molecule has 2 aromatic rings. The number of anilines is 1. The molecule has 0 aliphatic rings. The Bertz CT molecular complexity index is 687. The van der Waals surface area contributed by atoms with Gasteiger partial charge in [0.1, 0.15) is 0 Å². The Morgan fingerprint density at radius 1 is 1.33 bits per heavy atom. The van der Waals surface area contributed by atoms with E-state index in [0.717, 1.165) is 10.9 Å². The van der Waals surface area contributed by atoms with Gasteiger partial charge in [0, 0.05) is 22.4 Å². The van der Waals surface area contributed by atoms with E-state index in [1.165, 1.54) is 23.5 Å². The van der Waals surface area contributed by atoms with Gasteiger partial charge in [-0.05, 0) is 18.2 Å². The number of non-ortho nitro benzene ring substituents is 1. The summed E-state index contributed by atoms with van der Waals surface area (Å²) in [6.45, 7) is 0.318. The molecule has 1 aromatic carbocycles. The van der Waals surface area contributed by atoms with E-state index in [2.05, 4.69) is 5.32 Å². The maximum atomic E-state index is 13.6. The lowest BCUT2D eigenvalue weighted by atomic mass is 10.2. The van der Waals surface area contributed by atoms with Crippen LogP contribution in [0.5, 0.6) is 0 Å². The van der Waals surface area contributed by atoms with Crippen LogP contribution in [-0.4, -0.2) is 16.0 Å². The number of nitro groups is 1. The van der Waals surface area contributed by atoms with Crippen LogP contribution in [0.4, 0.5) is 15.8 Å². The van der Waals surface area contributed by atoms with Gasteiger partial charge in [0.15, 0.2) is 5.82 Å². The average molecular weight is 310 g/mol. The van der Waals surface area contributed by atoms with E-state index in [-0.39, 0.29) is 17.8 Å². The number of aliphatic carboxylic acids is 1. The van der Waals surface area contributed by atoms with Crippen molar-refractivity contribution in [2.24, 2.45) is 0 Å². The van der Waals surface area contributed by atoms with Crippen molar-refractivity contribution in [1.82, 2.24) is 0 Å². The van der Waals surface area contributed by atoms with Crippen LogP contribution in [0.2, 0.25) is 0 Å². The van der Waals surface area contributed by atoms with Crippen LogP contribution in [0.3, 0.4) is 0 Å². The normalized spacial score (nSPS) is 10.3.